The molecule has 4 rings (SSSR count). The number of carbonyl (C=O) groups is 2. The summed E-state index contributed by atoms with van der Waals surface area (Å²) in [5.74, 6) is 3.40. The average molecular weight is 707 g/mol. The second kappa shape index (κ2) is 16.4. The van der Waals surface area contributed by atoms with Crippen molar-refractivity contribution in [3.05, 3.63) is 100 Å². The minimum atomic E-state index is -4.71. The molecule has 0 saturated heterocycles. The van der Waals surface area contributed by atoms with E-state index in [0.717, 1.165) is 34.0 Å². The summed E-state index contributed by atoms with van der Waals surface area (Å²) in [6.07, 6.45) is 6.86. The maximum absolute atomic E-state index is 13.0. The molecule has 0 saturated carbocycles. The van der Waals surface area contributed by atoms with Gasteiger partial charge in [-0.05, 0) is 60.7 Å². The fraction of sp³-hybridized carbons (Fsp3) is 0.0400. The fourth-order valence-corrected chi connectivity index (χ4v) is 4.79. The number of primary amides is 1. The Bertz CT molecular complexity index is 2000. The molecule has 2 heterocycles. The Hall–Kier alpha value is -1.71. The predicted molar refractivity (Wildman–Crippen MR) is 148 cm³/mol. The summed E-state index contributed by atoms with van der Waals surface area (Å²) in [6, 6.07) is 8.93. The van der Waals surface area contributed by atoms with Gasteiger partial charge in [0, 0.05) is 0 Å². The summed E-state index contributed by atoms with van der Waals surface area (Å²) in [5.41, 5.74) is 4.93. The smallest absolute Gasteiger partial charge is 0.744 e. The first-order valence-corrected chi connectivity index (χ1v) is 14.6. The first-order valence-electron chi connectivity index (χ1n) is 11.8. The van der Waals surface area contributed by atoms with Crippen molar-refractivity contribution in [2.45, 2.75) is 16.4 Å². The zero-order valence-corrected chi connectivity index (χ0v) is 31.5. The number of H-pyrrole nitrogens is 1. The maximum atomic E-state index is 13.0. The standard InChI is InChI=1S/C25H22N6O10S2.2K/c26-23(32)22-20(25(34)31(29-22)16-8-12-18(13-9-16)43(38,39)40)5-3-1-2-4-19-21(14-41-27)28-30(24(19)33)15-6-10-17(11-7-15)42(35,36)37;;/h1-13,28H,14,27H2,(H2,26,32)(H,35,36,37)(H,38,39,40);;/q;2*+1/p-2/b3-1+,4-2+,20-5+;;. The van der Waals surface area contributed by atoms with Gasteiger partial charge in [0.05, 0.1) is 38.0 Å². The molecule has 45 heavy (non-hydrogen) atoms. The first-order chi connectivity index (χ1) is 20.2. The van der Waals surface area contributed by atoms with Crippen LogP contribution in [0.5, 0.6) is 0 Å². The number of nitrogens with zero attached hydrogens (tertiary/aromatic N) is 3. The Kier molecular flexibility index (Phi) is 14.4. The molecule has 1 aliphatic rings. The molecule has 0 aliphatic carbocycles. The van der Waals surface area contributed by atoms with Crippen molar-refractivity contribution in [1.82, 2.24) is 9.78 Å². The molecule has 2 aromatic carbocycles. The van der Waals surface area contributed by atoms with Crippen molar-refractivity contribution in [1.29, 1.82) is 0 Å². The molecule has 2 amide bonds. The van der Waals surface area contributed by atoms with Crippen LogP contribution in [-0.2, 0) is 41.3 Å². The summed E-state index contributed by atoms with van der Waals surface area (Å²) < 4.78 is 68.1. The van der Waals surface area contributed by atoms with Crippen LogP contribution in [0.4, 0.5) is 5.69 Å². The molecule has 0 unspecified atom stereocenters. The zero-order chi connectivity index (χ0) is 31.5. The third-order valence-corrected chi connectivity index (χ3v) is 7.54. The molecule has 1 aromatic heterocycles. The molecular weight excluding hydrogens is 687 g/mol. The molecule has 0 atom stereocenters. The van der Waals surface area contributed by atoms with Gasteiger partial charge in [0.15, 0.2) is 5.71 Å². The van der Waals surface area contributed by atoms with Crippen LogP contribution in [0.15, 0.2) is 98.1 Å². The number of hydrogen-bond acceptors (Lipinski definition) is 12. The number of hydrogen-bond donors (Lipinski definition) is 3. The van der Waals surface area contributed by atoms with E-state index >= 15 is 0 Å². The Morgan fingerprint density at radius 2 is 1.42 bits per heavy atom. The van der Waals surface area contributed by atoms with Crippen molar-refractivity contribution in [2.75, 3.05) is 5.01 Å². The van der Waals surface area contributed by atoms with Crippen molar-refractivity contribution < 1.29 is 143 Å². The van der Waals surface area contributed by atoms with Crippen LogP contribution >= 0.6 is 0 Å². The van der Waals surface area contributed by atoms with E-state index in [1.165, 1.54) is 54.6 Å². The summed E-state index contributed by atoms with van der Waals surface area (Å²) in [6.45, 7) is -0.201. The molecule has 0 spiro atoms. The van der Waals surface area contributed by atoms with Crippen molar-refractivity contribution in [3.63, 3.8) is 0 Å². The van der Waals surface area contributed by atoms with Gasteiger partial charge < -0.3 is 14.8 Å². The summed E-state index contributed by atoms with van der Waals surface area (Å²) in [5, 5.41) is 7.51. The van der Waals surface area contributed by atoms with Crippen molar-refractivity contribution in [2.24, 2.45) is 16.7 Å². The molecule has 0 radical (unpaired) electrons. The van der Waals surface area contributed by atoms with Crippen molar-refractivity contribution in [3.8, 4) is 5.69 Å². The molecule has 16 nitrogen and oxygen atoms in total. The Morgan fingerprint density at radius 3 is 1.91 bits per heavy atom. The molecule has 0 fully saturated rings. The van der Waals surface area contributed by atoms with Gasteiger partial charge >= 0.3 is 103 Å². The van der Waals surface area contributed by atoms with Gasteiger partial charge in [-0.1, -0.05) is 18.2 Å². The van der Waals surface area contributed by atoms with Crippen LogP contribution in [0.2, 0.25) is 0 Å². The summed E-state index contributed by atoms with van der Waals surface area (Å²) in [4.78, 5) is 41.5. The van der Waals surface area contributed by atoms with E-state index in [1.807, 2.05) is 0 Å². The van der Waals surface area contributed by atoms with Crippen LogP contribution in [0.1, 0.15) is 11.3 Å². The zero-order valence-electron chi connectivity index (χ0n) is 23.6. The SMILES string of the molecule is NOCc1[nH]n(-c2ccc(S(=O)(=O)[O-])cc2)c(=O)c1/C=C/C=C/C=C1/C(=O)N(c2ccc(S(=O)(=O)[O-])cc2)N=C1C(N)=O.[K+].[K+]. The quantitative estimate of drug-likeness (QED) is 0.0587. The van der Waals surface area contributed by atoms with Crippen LogP contribution in [-0.4, -0.2) is 53.2 Å². The number of benzene rings is 2. The average Bonchev–Trinajstić information content (AvgIpc) is 3.44. The second-order valence-corrected chi connectivity index (χ2v) is 11.4. The van der Waals surface area contributed by atoms with Gasteiger partial charge in [-0.15, -0.1) is 0 Å². The molecule has 1 aliphatic heterocycles. The van der Waals surface area contributed by atoms with E-state index < -0.39 is 47.4 Å². The molecule has 3 aromatic rings. The predicted octanol–water partition coefficient (Wildman–Crippen LogP) is -6.24. The molecule has 5 N–H and O–H groups in total. The first kappa shape index (κ1) is 39.5. The van der Waals surface area contributed by atoms with Gasteiger partial charge in [-0.25, -0.2) is 27.4 Å². The number of amides is 2. The number of anilines is 1. The number of aromatic nitrogens is 2. The van der Waals surface area contributed by atoms with E-state index in [4.69, 9.17) is 11.6 Å². The molecular formula is C25H20K2N6O10S2. The minimum Gasteiger partial charge on any atom is -0.744 e. The molecule has 224 valence electrons. The number of hydrazone groups is 1. The third kappa shape index (κ3) is 9.44. The second-order valence-electron chi connectivity index (χ2n) is 8.61. The summed E-state index contributed by atoms with van der Waals surface area (Å²) >= 11 is 0. The van der Waals surface area contributed by atoms with Gasteiger partial charge in [-0.2, -0.15) is 10.1 Å². The van der Waals surface area contributed by atoms with E-state index in [2.05, 4.69) is 15.0 Å². The third-order valence-electron chi connectivity index (χ3n) is 5.85. The number of allylic oxidation sites excluding steroid dienone is 4. The van der Waals surface area contributed by atoms with Gasteiger partial charge in [-0.3, -0.25) is 24.3 Å². The number of carbonyl (C=O) groups excluding carboxylic acids is 2. The van der Waals surface area contributed by atoms with E-state index in [9.17, 15) is 40.3 Å². The number of nitrogens with one attached hydrogen (secondary N) is 1. The summed E-state index contributed by atoms with van der Waals surface area (Å²) in [7, 11) is -9.39. The minimum absolute atomic E-state index is 0. The van der Waals surface area contributed by atoms with Crippen LogP contribution in [0.25, 0.3) is 11.8 Å². The Labute approximate surface area is 341 Å². The van der Waals surface area contributed by atoms with Gasteiger partial charge in [0.25, 0.3) is 17.4 Å². The number of rotatable bonds is 10. The van der Waals surface area contributed by atoms with Gasteiger partial charge in [0.2, 0.25) is 0 Å². The van der Waals surface area contributed by atoms with E-state index in [1.54, 1.807) is 0 Å². The van der Waals surface area contributed by atoms with E-state index in [-0.39, 0.29) is 143 Å². The normalized spacial score (nSPS) is 14.6. The van der Waals surface area contributed by atoms with Crippen LogP contribution in [0.3, 0.4) is 0 Å². The van der Waals surface area contributed by atoms with Crippen LogP contribution < -0.4 is 125 Å². The maximum Gasteiger partial charge on any atom is 1.00 e. The largest absolute Gasteiger partial charge is 1.00 e. The monoisotopic (exact) mass is 706 g/mol. The van der Waals surface area contributed by atoms with Crippen LogP contribution in [0, 0.1) is 0 Å². The molecule has 0 bridgehead atoms. The van der Waals surface area contributed by atoms with Gasteiger partial charge in [0.1, 0.15) is 26.8 Å². The van der Waals surface area contributed by atoms with E-state index in [0.29, 0.717) is 0 Å². The fourth-order valence-electron chi connectivity index (χ4n) is 3.85. The topological polar surface area (TPSA) is 263 Å². The Morgan fingerprint density at radius 1 is 0.889 bits per heavy atom. The molecule has 20 heteroatoms. The number of aromatic amines is 1. The number of nitrogens with two attached hydrogens (primary N) is 2. The Balaban J connectivity index is 0.00000353. The van der Waals surface area contributed by atoms with Crippen molar-refractivity contribution >= 4 is 49.5 Å².